The van der Waals surface area contributed by atoms with Gasteiger partial charge in [-0.15, -0.1) is 11.3 Å². The van der Waals surface area contributed by atoms with E-state index in [1.807, 2.05) is 24.3 Å². The molecule has 182 valence electrons. The molecule has 0 N–H and O–H groups in total. The Balaban J connectivity index is 1.52. The molecule has 1 atom stereocenters. The maximum absolute atomic E-state index is 9.82. The van der Waals surface area contributed by atoms with Crippen molar-refractivity contribution >= 4 is 45.8 Å². The predicted octanol–water partition coefficient (Wildman–Crippen LogP) is 8.42. The molecule has 3 aromatic rings. The van der Waals surface area contributed by atoms with Crippen LogP contribution in [0.4, 0.5) is 5.00 Å². The van der Waals surface area contributed by atoms with Crippen LogP contribution >= 0.6 is 34.5 Å². The first-order chi connectivity index (χ1) is 16.7. The third-order valence-corrected chi connectivity index (χ3v) is 8.25. The van der Waals surface area contributed by atoms with E-state index >= 15 is 0 Å². The average molecular weight is 528 g/mol. The molecule has 4 rings (SSSR count). The molecule has 0 unspecified atom stereocenters. The minimum Gasteiger partial charge on any atom is -0.493 e. The van der Waals surface area contributed by atoms with Crippen LogP contribution < -0.4 is 9.47 Å². The molecule has 0 saturated carbocycles. The largest absolute Gasteiger partial charge is 0.493 e. The van der Waals surface area contributed by atoms with Gasteiger partial charge in [0.2, 0.25) is 0 Å². The maximum Gasteiger partial charge on any atom is 0.161 e. The molecule has 0 spiro atoms. The van der Waals surface area contributed by atoms with Crippen LogP contribution in [0.15, 0.2) is 41.4 Å². The van der Waals surface area contributed by atoms with Crippen molar-refractivity contribution in [1.82, 2.24) is 0 Å². The number of rotatable bonds is 6. The topological polar surface area (TPSA) is 54.6 Å². The highest BCUT2D eigenvalue weighted by atomic mass is 35.5. The number of thiophene rings is 1. The number of fused-ring (bicyclic) bond motifs is 1. The molecule has 7 heteroatoms. The Kier molecular flexibility index (Phi) is 7.76. The number of hydrogen-bond donors (Lipinski definition) is 0. The van der Waals surface area contributed by atoms with Crippen LogP contribution in [0.25, 0.3) is 0 Å². The van der Waals surface area contributed by atoms with Gasteiger partial charge in [-0.1, -0.05) is 50.0 Å². The van der Waals surface area contributed by atoms with Crippen LogP contribution in [0.1, 0.15) is 54.3 Å². The van der Waals surface area contributed by atoms with Crippen LogP contribution in [0.5, 0.6) is 11.5 Å². The smallest absolute Gasteiger partial charge is 0.161 e. The molecule has 35 heavy (non-hydrogen) atoms. The predicted molar refractivity (Wildman–Crippen MR) is 145 cm³/mol. The monoisotopic (exact) mass is 526 g/mol. The Bertz CT molecular complexity index is 1300. The van der Waals surface area contributed by atoms with Crippen molar-refractivity contribution in [1.29, 1.82) is 5.26 Å². The van der Waals surface area contributed by atoms with Crippen molar-refractivity contribution < 1.29 is 9.47 Å². The summed E-state index contributed by atoms with van der Waals surface area (Å²) in [7, 11) is 1.60. The van der Waals surface area contributed by atoms with E-state index in [9.17, 15) is 5.26 Å². The van der Waals surface area contributed by atoms with E-state index in [0.29, 0.717) is 34.1 Å². The summed E-state index contributed by atoms with van der Waals surface area (Å²) in [6.45, 7) is 7.18. The molecule has 0 radical (unpaired) electrons. The molecule has 1 aliphatic rings. The molecular formula is C28H28Cl2N2O2S. The summed E-state index contributed by atoms with van der Waals surface area (Å²) in [5.74, 6) is 1.82. The molecular weight excluding hydrogens is 499 g/mol. The van der Waals surface area contributed by atoms with Gasteiger partial charge in [0.05, 0.1) is 12.7 Å². The van der Waals surface area contributed by atoms with Gasteiger partial charge in [0.25, 0.3) is 0 Å². The first-order valence-electron chi connectivity index (χ1n) is 11.5. The summed E-state index contributed by atoms with van der Waals surface area (Å²) >= 11 is 13.9. The second kappa shape index (κ2) is 10.6. The normalized spacial score (nSPS) is 15.6. The van der Waals surface area contributed by atoms with Gasteiger partial charge in [0.15, 0.2) is 11.5 Å². The van der Waals surface area contributed by atoms with Gasteiger partial charge in [0, 0.05) is 26.7 Å². The zero-order valence-electron chi connectivity index (χ0n) is 20.3. The Hall–Kier alpha value is -2.52. The summed E-state index contributed by atoms with van der Waals surface area (Å²) in [6.07, 6.45) is 4.86. The first-order valence-corrected chi connectivity index (χ1v) is 13.1. The lowest BCUT2D eigenvalue weighted by Gasteiger charge is -2.33. The summed E-state index contributed by atoms with van der Waals surface area (Å²) in [5.41, 5.74) is 3.87. The standard InChI is InChI=1S/C28H28Cl2N2O2S/c1-28(2,3)19-7-9-21-22(14-31)27(35-26(21)12-19)32-15-17-5-10-24(25(11-17)33-4)34-16-18-6-8-20(29)13-23(18)30/h5-6,8,10-11,13,15,19H,7,9,12,16H2,1-4H3/t19-/m1/s1. The van der Waals surface area contributed by atoms with Crippen molar-refractivity contribution in [2.24, 2.45) is 16.3 Å². The number of nitrogens with zero attached hydrogens (tertiary/aromatic N) is 2. The number of ether oxygens (including phenoxy) is 2. The van der Waals surface area contributed by atoms with Crippen LogP contribution in [-0.2, 0) is 19.4 Å². The van der Waals surface area contributed by atoms with Crippen molar-refractivity contribution in [2.45, 2.75) is 46.6 Å². The van der Waals surface area contributed by atoms with Gasteiger partial charge < -0.3 is 9.47 Å². The highest BCUT2D eigenvalue weighted by molar-refractivity contribution is 7.16. The average Bonchev–Trinajstić information content (AvgIpc) is 3.18. The molecule has 0 bridgehead atoms. The third-order valence-electron chi connectivity index (χ3n) is 6.50. The molecule has 0 saturated heterocycles. The summed E-state index contributed by atoms with van der Waals surface area (Å²) in [6, 6.07) is 13.4. The molecule has 0 amide bonds. The van der Waals surface area contributed by atoms with E-state index in [-0.39, 0.29) is 5.41 Å². The lowest BCUT2D eigenvalue weighted by molar-refractivity contribution is 0.218. The number of methoxy groups -OCH3 is 1. The summed E-state index contributed by atoms with van der Waals surface area (Å²) < 4.78 is 11.5. The lowest BCUT2D eigenvalue weighted by Crippen LogP contribution is -2.26. The molecule has 0 fully saturated rings. The second-order valence-electron chi connectivity index (χ2n) is 9.79. The number of benzene rings is 2. The van der Waals surface area contributed by atoms with Crippen LogP contribution in [0, 0.1) is 22.7 Å². The van der Waals surface area contributed by atoms with Crippen LogP contribution in [-0.4, -0.2) is 13.3 Å². The Morgan fingerprint density at radius 1 is 1.17 bits per heavy atom. The third kappa shape index (κ3) is 5.83. The molecule has 1 aliphatic carbocycles. The number of hydrogen-bond acceptors (Lipinski definition) is 5. The van der Waals surface area contributed by atoms with Crippen LogP contribution in [0.2, 0.25) is 10.0 Å². The van der Waals surface area contributed by atoms with Gasteiger partial charge in [-0.05, 0) is 72.1 Å². The van der Waals surface area contributed by atoms with Gasteiger partial charge in [-0.2, -0.15) is 5.26 Å². The van der Waals surface area contributed by atoms with E-state index in [1.54, 1.807) is 36.8 Å². The Morgan fingerprint density at radius 3 is 2.66 bits per heavy atom. The molecule has 1 aromatic heterocycles. The molecule has 1 heterocycles. The van der Waals surface area contributed by atoms with E-state index < -0.39 is 0 Å². The first kappa shape index (κ1) is 25.6. The van der Waals surface area contributed by atoms with E-state index in [4.69, 9.17) is 37.7 Å². The number of nitriles is 1. The van der Waals surface area contributed by atoms with E-state index in [2.05, 4.69) is 26.8 Å². The molecule has 0 aliphatic heterocycles. The number of aliphatic imine (C=N–C) groups is 1. The number of halogens is 2. The SMILES string of the molecule is COc1cc(C=Nc2sc3c(c2C#N)CC[C@@H](C(C)(C)C)C3)ccc1OCc1ccc(Cl)cc1Cl. The fourth-order valence-electron chi connectivity index (χ4n) is 4.33. The lowest BCUT2D eigenvalue weighted by atomic mass is 9.72. The van der Waals surface area contributed by atoms with Gasteiger partial charge >= 0.3 is 0 Å². The van der Waals surface area contributed by atoms with Gasteiger partial charge in [-0.3, -0.25) is 0 Å². The van der Waals surface area contributed by atoms with Crippen molar-refractivity contribution in [3.8, 4) is 17.6 Å². The van der Waals surface area contributed by atoms with Crippen LogP contribution in [0.3, 0.4) is 0 Å². The van der Waals surface area contributed by atoms with Crippen molar-refractivity contribution in [3.63, 3.8) is 0 Å². The second-order valence-corrected chi connectivity index (χ2v) is 11.7. The molecule has 2 aromatic carbocycles. The van der Waals surface area contributed by atoms with Gasteiger partial charge in [0.1, 0.15) is 17.7 Å². The minimum absolute atomic E-state index is 0.261. The van der Waals surface area contributed by atoms with Crippen molar-refractivity contribution in [3.05, 3.63) is 73.6 Å². The molecule has 4 nitrogen and oxygen atoms in total. The summed E-state index contributed by atoms with van der Waals surface area (Å²) in [5, 5.41) is 11.7. The fraction of sp³-hybridized carbons (Fsp3) is 0.357. The Labute approximate surface area is 221 Å². The minimum atomic E-state index is 0.261. The fourth-order valence-corrected chi connectivity index (χ4v) is 6.01. The van der Waals surface area contributed by atoms with E-state index in [1.165, 1.54) is 10.4 Å². The highest BCUT2D eigenvalue weighted by Crippen LogP contribution is 2.45. The highest BCUT2D eigenvalue weighted by Gasteiger charge is 2.32. The zero-order valence-corrected chi connectivity index (χ0v) is 22.7. The van der Waals surface area contributed by atoms with Crippen molar-refractivity contribution in [2.75, 3.05) is 7.11 Å². The Morgan fingerprint density at radius 2 is 1.97 bits per heavy atom. The van der Waals surface area contributed by atoms with Gasteiger partial charge in [-0.25, -0.2) is 4.99 Å². The quantitative estimate of drug-likeness (QED) is 0.303. The van der Waals surface area contributed by atoms with E-state index in [0.717, 1.165) is 41.0 Å². The summed E-state index contributed by atoms with van der Waals surface area (Å²) in [4.78, 5) is 6.01. The maximum atomic E-state index is 9.82. The zero-order chi connectivity index (χ0) is 25.2.